The van der Waals surface area contributed by atoms with Crippen LogP contribution in [0.3, 0.4) is 0 Å². The molecule has 0 spiro atoms. The molecule has 24 heavy (non-hydrogen) atoms. The predicted octanol–water partition coefficient (Wildman–Crippen LogP) is 0.968. The Morgan fingerprint density at radius 3 is 2.25 bits per heavy atom. The first-order chi connectivity index (χ1) is 11.4. The lowest BCUT2D eigenvalue weighted by molar-refractivity contribution is -0.126. The van der Waals surface area contributed by atoms with Crippen LogP contribution in [0, 0.1) is 6.92 Å². The van der Waals surface area contributed by atoms with Crippen molar-refractivity contribution >= 4 is 15.9 Å². The average Bonchev–Trinajstić information content (AvgIpc) is 3.38. The maximum atomic E-state index is 12.7. The molecule has 0 unspecified atom stereocenters. The number of benzene rings is 1. The van der Waals surface area contributed by atoms with Crippen molar-refractivity contribution in [1.82, 2.24) is 14.5 Å². The van der Waals surface area contributed by atoms with E-state index in [9.17, 15) is 13.2 Å². The Bertz CT molecular complexity index is 690. The molecule has 2 fully saturated rings. The van der Waals surface area contributed by atoms with Crippen molar-refractivity contribution in [1.29, 1.82) is 0 Å². The topological polar surface area (TPSA) is 69.7 Å². The minimum atomic E-state index is -3.45. The zero-order valence-electron chi connectivity index (χ0n) is 14.2. The van der Waals surface area contributed by atoms with Gasteiger partial charge in [0.1, 0.15) is 0 Å². The maximum absolute atomic E-state index is 12.7. The summed E-state index contributed by atoms with van der Waals surface area (Å²) in [7, 11) is -3.45. The van der Waals surface area contributed by atoms with Gasteiger partial charge in [-0.1, -0.05) is 17.7 Å². The summed E-state index contributed by atoms with van der Waals surface area (Å²) in [5.41, 5.74) is 1.04. The Morgan fingerprint density at radius 1 is 1.12 bits per heavy atom. The Kier molecular flexibility index (Phi) is 4.94. The van der Waals surface area contributed by atoms with E-state index >= 15 is 0 Å². The third kappa shape index (κ3) is 3.79. The van der Waals surface area contributed by atoms with E-state index in [0.29, 0.717) is 37.1 Å². The lowest BCUT2D eigenvalue weighted by atomic mass is 10.2. The number of sulfonamides is 1. The van der Waals surface area contributed by atoms with Gasteiger partial charge in [0.2, 0.25) is 15.9 Å². The molecule has 1 N–H and O–H groups in total. The molecule has 0 aromatic heterocycles. The van der Waals surface area contributed by atoms with Gasteiger partial charge in [0.15, 0.2) is 0 Å². The summed E-state index contributed by atoms with van der Waals surface area (Å²) in [6, 6.07) is 7.07. The molecule has 6 nitrogen and oxygen atoms in total. The minimum absolute atomic E-state index is 0.0485. The first-order valence-electron chi connectivity index (χ1n) is 8.49. The molecule has 1 atom stereocenters. The number of aryl methyl sites for hydroxylation is 1. The third-order valence-corrected chi connectivity index (χ3v) is 6.70. The Morgan fingerprint density at radius 2 is 1.71 bits per heavy atom. The van der Waals surface area contributed by atoms with Crippen LogP contribution < -0.4 is 5.32 Å². The van der Waals surface area contributed by atoms with Crippen molar-refractivity contribution in [3.63, 3.8) is 0 Å². The minimum Gasteiger partial charge on any atom is -0.352 e. The summed E-state index contributed by atoms with van der Waals surface area (Å²) in [5.74, 6) is 0.0485. The fourth-order valence-electron chi connectivity index (χ4n) is 2.91. The number of piperazine rings is 1. The number of nitrogens with one attached hydrogen (secondary N) is 1. The van der Waals surface area contributed by atoms with Crippen LogP contribution in [0.4, 0.5) is 0 Å². The van der Waals surface area contributed by atoms with E-state index in [4.69, 9.17) is 0 Å². The summed E-state index contributed by atoms with van der Waals surface area (Å²) in [5, 5.41) is 3.01. The molecule has 1 aliphatic heterocycles. The van der Waals surface area contributed by atoms with Crippen LogP contribution in [0.25, 0.3) is 0 Å². The quantitative estimate of drug-likeness (QED) is 0.858. The lowest BCUT2D eigenvalue weighted by Gasteiger charge is -2.36. The normalized spacial score (nSPS) is 21.4. The van der Waals surface area contributed by atoms with Crippen molar-refractivity contribution in [2.45, 2.75) is 43.7 Å². The van der Waals surface area contributed by atoms with Crippen molar-refractivity contribution in [2.75, 3.05) is 26.2 Å². The first kappa shape index (κ1) is 17.4. The smallest absolute Gasteiger partial charge is 0.243 e. The largest absolute Gasteiger partial charge is 0.352 e. The van der Waals surface area contributed by atoms with E-state index in [1.165, 1.54) is 4.31 Å². The van der Waals surface area contributed by atoms with E-state index in [1.54, 1.807) is 12.1 Å². The summed E-state index contributed by atoms with van der Waals surface area (Å²) < 4.78 is 26.9. The standard InChI is InChI=1S/C17H25N3O3S/c1-13-3-7-16(8-4-13)24(22,23)20-11-9-19(10-12-20)14(2)17(21)18-15-5-6-15/h3-4,7-8,14-15H,5-6,9-12H2,1-2H3,(H,18,21)/t14-/m0/s1. The number of amides is 1. The summed E-state index contributed by atoms with van der Waals surface area (Å²) in [6.07, 6.45) is 2.14. The number of carbonyl (C=O) groups is 1. The second kappa shape index (κ2) is 6.82. The van der Waals surface area contributed by atoms with Gasteiger partial charge in [-0.3, -0.25) is 9.69 Å². The van der Waals surface area contributed by atoms with Gasteiger partial charge in [0, 0.05) is 32.2 Å². The van der Waals surface area contributed by atoms with Crippen molar-refractivity contribution in [3.8, 4) is 0 Å². The van der Waals surface area contributed by atoms with Gasteiger partial charge in [-0.25, -0.2) is 8.42 Å². The second-order valence-corrected chi connectivity index (χ2v) is 8.65. The number of rotatable bonds is 5. The molecule has 0 radical (unpaired) electrons. The molecule has 1 amide bonds. The van der Waals surface area contributed by atoms with Crippen LogP contribution in [0.1, 0.15) is 25.3 Å². The van der Waals surface area contributed by atoms with Gasteiger partial charge in [-0.05, 0) is 38.8 Å². The molecular formula is C17H25N3O3S. The highest BCUT2D eigenvalue weighted by molar-refractivity contribution is 7.89. The number of hydrogen-bond acceptors (Lipinski definition) is 4. The molecule has 1 aromatic carbocycles. The Hall–Kier alpha value is -1.44. The molecule has 1 aromatic rings. The molecule has 0 bridgehead atoms. The van der Waals surface area contributed by atoms with Crippen LogP contribution in [0.5, 0.6) is 0 Å². The van der Waals surface area contributed by atoms with Gasteiger partial charge in [-0.15, -0.1) is 0 Å². The van der Waals surface area contributed by atoms with Crippen LogP contribution >= 0.6 is 0 Å². The fraction of sp³-hybridized carbons (Fsp3) is 0.588. The highest BCUT2D eigenvalue weighted by atomic mass is 32.2. The van der Waals surface area contributed by atoms with Gasteiger partial charge in [0.25, 0.3) is 0 Å². The number of nitrogens with zero attached hydrogens (tertiary/aromatic N) is 2. The molecule has 132 valence electrons. The zero-order valence-corrected chi connectivity index (χ0v) is 15.1. The summed E-state index contributed by atoms with van der Waals surface area (Å²) >= 11 is 0. The van der Waals surface area contributed by atoms with Crippen LogP contribution in [0.15, 0.2) is 29.2 Å². The Labute approximate surface area is 143 Å². The van der Waals surface area contributed by atoms with E-state index in [0.717, 1.165) is 18.4 Å². The average molecular weight is 351 g/mol. The van der Waals surface area contributed by atoms with Crippen molar-refractivity contribution in [3.05, 3.63) is 29.8 Å². The summed E-state index contributed by atoms with van der Waals surface area (Å²) in [4.78, 5) is 14.5. The SMILES string of the molecule is Cc1ccc(S(=O)(=O)N2CCN([C@@H](C)C(=O)NC3CC3)CC2)cc1. The third-order valence-electron chi connectivity index (χ3n) is 4.78. The zero-order chi connectivity index (χ0) is 17.3. The van der Waals surface area contributed by atoms with Crippen molar-refractivity contribution < 1.29 is 13.2 Å². The summed E-state index contributed by atoms with van der Waals surface area (Å²) in [6.45, 7) is 5.80. The van der Waals surface area contributed by atoms with E-state index in [2.05, 4.69) is 10.2 Å². The van der Waals surface area contributed by atoms with Crippen molar-refractivity contribution in [2.24, 2.45) is 0 Å². The fourth-order valence-corrected chi connectivity index (χ4v) is 4.33. The number of hydrogen-bond donors (Lipinski definition) is 1. The monoisotopic (exact) mass is 351 g/mol. The van der Waals surface area contributed by atoms with Crippen LogP contribution in [-0.2, 0) is 14.8 Å². The van der Waals surface area contributed by atoms with Gasteiger partial charge in [-0.2, -0.15) is 4.31 Å². The lowest BCUT2D eigenvalue weighted by Crippen LogP contribution is -2.55. The van der Waals surface area contributed by atoms with Gasteiger partial charge < -0.3 is 5.32 Å². The van der Waals surface area contributed by atoms with E-state index in [1.807, 2.05) is 26.0 Å². The van der Waals surface area contributed by atoms with Gasteiger partial charge in [0.05, 0.1) is 10.9 Å². The molecule has 7 heteroatoms. The van der Waals surface area contributed by atoms with E-state index in [-0.39, 0.29) is 11.9 Å². The molecular weight excluding hydrogens is 326 g/mol. The maximum Gasteiger partial charge on any atom is 0.243 e. The molecule has 3 rings (SSSR count). The van der Waals surface area contributed by atoms with Crippen LogP contribution in [-0.4, -0.2) is 61.8 Å². The number of carbonyl (C=O) groups excluding carboxylic acids is 1. The molecule has 1 saturated carbocycles. The first-order valence-corrected chi connectivity index (χ1v) is 9.93. The molecule has 1 aliphatic carbocycles. The van der Waals surface area contributed by atoms with Crippen LogP contribution in [0.2, 0.25) is 0 Å². The second-order valence-electron chi connectivity index (χ2n) is 6.71. The van der Waals surface area contributed by atoms with Gasteiger partial charge >= 0.3 is 0 Å². The van der Waals surface area contributed by atoms with E-state index < -0.39 is 10.0 Å². The highest BCUT2D eigenvalue weighted by Crippen LogP contribution is 2.21. The molecule has 1 heterocycles. The molecule has 1 saturated heterocycles. The highest BCUT2D eigenvalue weighted by Gasteiger charge is 2.33. The predicted molar refractivity (Wildman–Crippen MR) is 92.1 cm³/mol. The Balaban J connectivity index is 1.59. The molecule has 2 aliphatic rings.